The molecule has 7 aliphatic heterocycles. The molecule has 7 fully saturated rings. The molecule has 19 rings (SSSR count). The minimum absolute atomic E-state index is 0.0137. The number of alkyl halides is 12. The van der Waals surface area contributed by atoms with Crippen LogP contribution in [0, 0.1) is 40.4 Å². The van der Waals surface area contributed by atoms with Crippen LogP contribution in [0.1, 0.15) is 101 Å². The molecule has 6 unspecified atom stereocenters. The van der Waals surface area contributed by atoms with Gasteiger partial charge in [-0.3, -0.25) is 4.79 Å². The van der Waals surface area contributed by atoms with Crippen LogP contribution in [0.3, 0.4) is 0 Å². The van der Waals surface area contributed by atoms with Gasteiger partial charge in [-0.05, 0) is 123 Å². The van der Waals surface area contributed by atoms with E-state index in [1.807, 2.05) is 23.1 Å². The van der Waals surface area contributed by atoms with Crippen molar-refractivity contribution in [2.24, 2.45) is 40.4 Å². The standard InChI is InChI=1S/C26H32F2N8O3S.2C20H22F4N6O2S.C20H23F2N7O2S/c1-17(37)34-13-26(14-34)15-35(16-26)24-9-19(21-11-29-22-6-5-20(25(27)28)32-36(21)22)8-23(31-24)33-7-3-4-18(12-33)10-30-40(2,38)39;2*1-12-10-29(11-14(20(12,23)24)8-27-33(2,31)32)18-7-13(5-6-25-18)16-9-26-17-4-3-15(19(21)22)28-30(16)17;1-32(30,31)28-8-6-20(12-28)5-2-7-27(11-20)18-9-15(24-13-25-18)16-10-23-17-4-3-14(19(21)22)26-29(16)17/h5-6,8-9,11,18,25,30H,3-4,7,10,12-16H2,1-2H3;2*3-7,9,12,14,19,27H,8,10-11H2,1-2H3;3-4,9-10,13,19H,2,5-8,11-12H2,1H3. The number of pyridine rings is 3. The lowest BCUT2D eigenvalue weighted by molar-refractivity contribution is -0.142. The third-order valence-electron chi connectivity index (χ3n) is 25.8. The van der Waals surface area contributed by atoms with Gasteiger partial charge in [-0.1, -0.05) is 13.8 Å². The van der Waals surface area contributed by atoms with E-state index in [1.165, 1.54) is 118 Å². The number of nitrogens with zero attached hydrogens (tertiary/aromatic N) is 24. The lowest BCUT2D eigenvalue weighted by atomic mass is 9.73. The monoisotopic (exact) mass is 2010 g/mol. The summed E-state index contributed by atoms with van der Waals surface area (Å²) in [6.07, 6.45) is 8.49. The number of aromatic nitrogens is 17. The zero-order valence-electron chi connectivity index (χ0n) is 75.5. The number of amides is 1. The molecular weight excluding hydrogens is 1910 g/mol. The van der Waals surface area contributed by atoms with E-state index in [0.717, 1.165) is 107 Å². The average Bonchev–Trinajstić information content (AvgIpc) is 1.55. The summed E-state index contributed by atoms with van der Waals surface area (Å²) in [5.41, 5.74) is 4.60. The van der Waals surface area contributed by atoms with Crippen LogP contribution >= 0.6 is 0 Å². The fourth-order valence-electron chi connectivity index (χ4n) is 18.6. The highest BCUT2D eigenvalue weighted by atomic mass is 32.2. The maximum atomic E-state index is 14.7. The van der Waals surface area contributed by atoms with E-state index in [4.69, 9.17) is 4.98 Å². The van der Waals surface area contributed by atoms with Crippen molar-refractivity contribution in [2.45, 2.75) is 90.4 Å². The fraction of sp³-hybridized carbons (Fsp3) is 0.488. The molecule has 6 atom stereocenters. The van der Waals surface area contributed by atoms with Gasteiger partial charge in [0.25, 0.3) is 37.5 Å². The molecule has 52 heteroatoms. The number of imidazole rings is 4. The van der Waals surface area contributed by atoms with E-state index in [0.29, 0.717) is 112 Å². The van der Waals surface area contributed by atoms with Gasteiger partial charge in [0.1, 0.15) is 63.9 Å². The van der Waals surface area contributed by atoms with Crippen LogP contribution in [0.25, 0.3) is 67.7 Å². The highest BCUT2D eigenvalue weighted by Crippen LogP contribution is 2.47. The van der Waals surface area contributed by atoms with Gasteiger partial charge in [-0.2, -0.15) is 20.4 Å². The van der Waals surface area contributed by atoms with Crippen molar-refractivity contribution in [3.8, 4) is 45.2 Å². The molecule has 0 aliphatic carbocycles. The molecule has 36 nitrogen and oxygen atoms in total. The molecule has 3 N–H and O–H groups in total. The van der Waals surface area contributed by atoms with Gasteiger partial charge in [-0.15, -0.1) is 0 Å². The molecular formula is C86H99F12N27O9S4. The van der Waals surface area contributed by atoms with E-state index in [1.54, 1.807) is 57.7 Å². The SMILES string of the molecule is CC(=O)N1CC2(C1)CN(c1cc(-c3cnc4ccc(C(F)F)nn34)cc(N3CCCC(CNS(C)(=O)=O)C3)n1)C2.CC1CN(c2cc(-c3cnc4ccc(C(F)F)nn34)ccn2)CC(CNS(C)(=O)=O)C1(F)F.CC1CN(c2cc(-c3cnc4ccc(C(F)F)nn34)ccn2)CC(CNS(C)(=O)=O)C1(F)F.CS(=O)(=O)N1CCC2(CCCN(c3cc(-c4cnc5ccc(C(F)F)nn45)ncn3)C2)C1. The highest BCUT2D eigenvalue weighted by Gasteiger charge is 2.55. The van der Waals surface area contributed by atoms with Crippen LogP contribution in [-0.4, -0.2) is 280 Å². The predicted octanol–water partition coefficient (Wildman–Crippen LogP) is 10.5. The van der Waals surface area contributed by atoms with Crippen molar-refractivity contribution in [3.05, 3.63) is 157 Å². The summed E-state index contributed by atoms with van der Waals surface area (Å²) in [5.74, 6) is -7.52. The molecule has 0 radical (unpaired) electrons. The number of piperidine rings is 4. The Balaban J connectivity index is 0.000000134. The van der Waals surface area contributed by atoms with Gasteiger partial charge >= 0.3 is 0 Å². The Morgan fingerprint density at radius 3 is 1.25 bits per heavy atom. The summed E-state index contributed by atoms with van der Waals surface area (Å²) in [4.78, 5) is 62.7. The zero-order valence-corrected chi connectivity index (χ0v) is 78.8. The molecule has 12 aromatic heterocycles. The van der Waals surface area contributed by atoms with Crippen molar-refractivity contribution >= 4 is 97.7 Å². The van der Waals surface area contributed by atoms with E-state index >= 15 is 0 Å². The van der Waals surface area contributed by atoms with Gasteiger partial charge in [0, 0.05) is 176 Å². The van der Waals surface area contributed by atoms with Crippen LogP contribution in [-0.2, 0) is 44.9 Å². The minimum atomic E-state index is -3.63. The quantitative estimate of drug-likeness (QED) is 0.0501. The molecule has 12 aromatic rings. The molecule has 0 bridgehead atoms. The van der Waals surface area contributed by atoms with Crippen LogP contribution < -0.4 is 38.7 Å². The normalized spacial score (nSPS) is 21.3. The smallest absolute Gasteiger partial charge is 0.282 e. The highest BCUT2D eigenvalue weighted by molar-refractivity contribution is 7.89. The first-order valence-corrected chi connectivity index (χ1v) is 51.5. The third kappa shape index (κ3) is 22.3. The Hall–Kier alpha value is -11.7. The van der Waals surface area contributed by atoms with Crippen molar-refractivity contribution in [2.75, 3.05) is 161 Å². The Labute approximate surface area is 785 Å². The summed E-state index contributed by atoms with van der Waals surface area (Å²) in [6, 6.07) is 23.1. The minimum Gasteiger partial charge on any atom is -0.356 e. The lowest BCUT2D eigenvalue weighted by Crippen LogP contribution is -2.73. The van der Waals surface area contributed by atoms with Gasteiger partial charge in [0.05, 0.1) is 84.4 Å². The van der Waals surface area contributed by atoms with Crippen molar-refractivity contribution in [3.63, 3.8) is 0 Å². The number of rotatable bonds is 23. The number of sulfonamides is 4. The first-order valence-electron chi connectivity index (χ1n) is 44.0. The molecule has 7 saturated heterocycles. The van der Waals surface area contributed by atoms with E-state index in [9.17, 15) is 91.2 Å². The molecule has 0 saturated carbocycles. The Morgan fingerprint density at radius 2 is 0.819 bits per heavy atom. The first-order chi connectivity index (χ1) is 65.1. The summed E-state index contributed by atoms with van der Waals surface area (Å²) in [5, 5.41) is 16.1. The molecule has 0 aromatic carbocycles. The molecule has 1 amide bonds. The number of fused-ring (bicyclic) bond motifs is 4. The van der Waals surface area contributed by atoms with Gasteiger partial charge in [0.15, 0.2) is 22.6 Å². The van der Waals surface area contributed by atoms with Crippen LogP contribution in [0.4, 0.5) is 81.8 Å². The number of hydrogen-bond donors (Lipinski definition) is 3. The van der Waals surface area contributed by atoms with Gasteiger partial charge in [0.2, 0.25) is 46.0 Å². The molecule has 2 spiro atoms. The van der Waals surface area contributed by atoms with Gasteiger partial charge in [-0.25, -0.2) is 168 Å². The molecule has 19 heterocycles. The summed E-state index contributed by atoms with van der Waals surface area (Å²) < 4.78 is 271. The van der Waals surface area contributed by atoms with E-state index in [2.05, 4.69) is 89.1 Å². The molecule has 740 valence electrons. The number of halogens is 12. The number of carbonyl (C=O) groups is 1. The Morgan fingerprint density at radius 1 is 0.413 bits per heavy atom. The van der Waals surface area contributed by atoms with Crippen molar-refractivity contribution in [1.82, 2.24) is 107 Å². The topological polar surface area (TPSA) is 398 Å². The third-order valence-corrected chi connectivity index (χ3v) is 29.2. The number of carbonyl (C=O) groups excluding carboxylic acids is 1. The van der Waals surface area contributed by atoms with Gasteiger partial charge < -0.3 is 29.4 Å². The maximum Gasteiger partial charge on any atom is 0.282 e. The number of anilines is 5. The summed E-state index contributed by atoms with van der Waals surface area (Å²) in [7, 11) is -13.8. The van der Waals surface area contributed by atoms with Crippen LogP contribution in [0.2, 0.25) is 0 Å². The molecule has 7 aliphatic rings. The Bertz CT molecular complexity index is 6790. The van der Waals surface area contributed by atoms with Crippen LogP contribution in [0.5, 0.6) is 0 Å². The van der Waals surface area contributed by atoms with Crippen molar-refractivity contribution in [1.29, 1.82) is 0 Å². The Kier molecular flexibility index (Phi) is 28.2. The summed E-state index contributed by atoms with van der Waals surface area (Å²) >= 11 is 0. The second-order valence-electron chi connectivity index (χ2n) is 36.3. The predicted molar refractivity (Wildman–Crippen MR) is 487 cm³/mol. The van der Waals surface area contributed by atoms with Crippen molar-refractivity contribution < 1.29 is 91.2 Å². The number of likely N-dealkylation sites (tertiary alicyclic amines) is 1. The summed E-state index contributed by atoms with van der Waals surface area (Å²) in [6.45, 7) is 10.7. The zero-order chi connectivity index (χ0) is 98.7. The number of hydrogen-bond acceptors (Lipinski definition) is 27. The van der Waals surface area contributed by atoms with E-state index < -0.39 is 126 Å². The second-order valence-corrected chi connectivity index (χ2v) is 43.8. The lowest BCUT2D eigenvalue weighted by Gasteiger charge is -2.60. The fourth-order valence-corrected chi connectivity index (χ4v) is 21.0. The number of nitrogens with one attached hydrogen (secondary N) is 3. The largest absolute Gasteiger partial charge is 0.356 e. The first kappa shape index (κ1) is 99.3. The average molecular weight is 2010 g/mol. The maximum absolute atomic E-state index is 14.7. The second kappa shape index (κ2) is 39.2. The van der Waals surface area contributed by atoms with Crippen LogP contribution in [0.15, 0.2) is 135 Å². The molecule has 138 heavy (non-hydrogen) atoms. The van der Waals surface area contributed by atoms with E-state index in [-0.39, 0.29) is 60.2 Å².